The van der Waals surface area contributed by atoms with E-state index in [0.717, 1.165) is 0 Å². The number of ether oxygens (including phenoxy) is 5. The van der Waals surface area contributed by atoms with Gasteiger partial charge in [-0.15, -0.1) is 0 Å². The van der Waals surface area contributed by atoms with Gasteiger partial charge in [0.05, 0.1) is 40.9 Å². The number of carbonyl (C=O) groups is 3. The number of hydrogen-bond acceptors (Lipinski definition) is 14. The number of para-hydroxylation sites is 1. The topological polar surface area (TPSA) is 212 Å². The molecule has 0 radical (unpaired) electrons. The number of rotatable bonds is 12. The number of hydrogen-bond donors (Lipinski definition) is 2. The third-order valence-corrected chi connectivity index (χ3v) is 10.4. The Morgan fingerprint density at radius 3 is 2.30 bits per heavy atom. The van der Waals surface area contributed by atoms with Crippen molar-refractivity contribution in [3.05, 3.63) is 60.4 Å². The number of nitrogens with zero attached hydrogens (tertiary/aromatic N) is 3. The number of nitrogens with two attached hydrogens (primary N) is 1. The second-order valence-corrected chi connectivity index (χ2v) is 17.0. The van der Waals surface area contributed by atoms with Crippen molar-refractivity contribution in [2.75, 3.05) is 25.6 Å². The quantitative estimate of drug-likeness (QED) is 0.140. The van der Waals surface area contributed by atoms with Crippen molar-refractivity contribution in [2.45, 2.75) is 97.4 Å². The van der Waals surface area contributed by atoms with Crippen LogP contribution < -0.4 is 15.3 Å². The van der Waals surface area contributed by atoms with E-state index < -0.39 is 79.2 Å². The van der Waals surface area contributed by atoms with E-state index in [4.69, 9.17) is 38.5 Å². The molecule has 0 aliphatic carbocycles. The van der Waals surface area contributed by atoms with Gasteiger partial charge in [-0.2, -0.15) is 15.4 Å². The third kappa shape index (κ3) is 9.22. The molecule has 4 heterocycles. The lowest BCUT2D eigenvalue weighted by atomic mass is 9.92. The summed E-state index contributed by atoms with van der Waals surface area (Å²) < 4.78 is 57.5. The molecule has 3 N–H and O–H groups in total. The highest BCUT2D eigenvalue weighted by Crippen LogP contribution is 2.50. The maximum Gasteiger partial charge on any atom is 0.459 e. The maximum absolute atomic E-state index is 14.6. The molecule has 17 heteroatoms. The van der Waals surface area contributed by atoms with Gasteiger partial charge in [-0.05, 0) is 78.8 Å². The van der Waals surface area contributed by atoms with Crippen molar-refractivity contribution in [1.82, 2.24) is 14.7 Å². The van der Waals surface area contributed by atoms with Gasteiger partial charge < -0.3 is 33.9 Å². The van der Waals surface area contributed by atoms with Crippen molar-refractivity contribution in [3.63, 3.8) is 0 Å². The molecule has 5 rings (SSSR count). The lowest BCUT2D eigenvalue weighted by Gasteiger charge is -2.32. The van der Waals surface area contributed by atoms with E-state index in [1.54, 1.807) is 77.9 Å². The van der Waals surface area contributed by atoms with E-state index >= 15 is 0 Å². The van der Waals surface area contributed by atoms with Gasteiger partial charge in [-0.3, -0.25) is 18.9 Å². The Kier molecular flexibility index (Phi) is 12.1. The zero-order valence-electron chi connectivity index (χ0n) is 31.5. The summed E-state index contributed by atoms with van der Waals surface area (Å²) >= 11 is 0. The number of aromatic nitrogens is 2. The SMILES string of the molecule is C[C@H](N[P@](=O)(OC[C@@]1(C#N)O[C@@H](c2ccc3c(N)ccnn23)[C@H](OC(=O)C(C)(C)C)[C@@H]1OC(=O)C(C)(C)C)Oc1ccccc1)C(=O)OC1CCOCC1. The first-order valence-electron chi connectivity index (χ1n) is 17.6. The fourth-order valence-corrected chi connectivity index (χ4v) is 7.16. The first-order valence-corrected chi connectivity index (χ1v) is 19.2. The first-order chi connectivity index (χ1) is 25.4. The standard InChI is InChI=1S/C37H48N5O11P/c1-23(32(43)49-24-16-19-47-20-17-24)41-54(46,53-25-11-9-8-10-12-25)48-22-37(21-38)31(51-34(45)36(5,6)7)30(50-33(44)35(2,3)4)29(52-37)28-14-13-27-26(39)15-18-40-42(27)28/h8-15,18,23-24,29-31H,16-17,19-20,22,39H2,1-7H3,(H,41,46)/t23-,29-,30-,31-,37+,54-/m0/s1. The second-order valence-electron chi connectivity index (χ2n) is 15.4. The van der Waals surface area contributed by atoms with Gasteiger partial charge in [-0.25, -0.2) is 9.08 Å². The molecule has 2 aliphatic rings. The van der Waals surface area contributed by atoms with Gasteiger partial charge >= 0.3 is 25.7 Å². The largest absolute Gasteiger partial charge is 0.461 e. The van der Waals surface area contributed by atoms with Crippen LogP contribution in [0.2, 0.25) is 0 Å². The number of carbonyl (C=O) groups excluding carboxylic acids is 3. The summed E-state index contributed by atoms with van der Waals surface area (Å²) in [6.07, 6.45) is -2.29. The number of nitrogen functional groups attached to an aromatic ring is 1. The highest BCUT2D eigenvalue weighted by Gasteiger charge is 2.63. The molecule has 16 nitrogen and oxygen atoms in total. The molecular weight excluding hydrogens is 721 g/mol. The van der Waals surface area contributed by atoms with Crippen LogP contribution in [0.4, 0.5) is 5.69 Å². The molecule has 2 aromatic heterocycles. The Morgan fingerprint density at radius 2 is 1.67 bits per heavy atom. The molecule has 0 saturated carbocycles. The maximum atomic E-state index is 14.6. The Hall–Kier alpha value is -4.52. The summed E-state index contributed by atoms with van der Waals surface area (Å²) in [7, 11) is -4.59. The van der Waals surface area contributed by atoms with E-state index in [9.17, 15) is 24.2 Å². The summed E-state index contributed by atoms with van der Waals surface area (Å²) in [6, 6.07) is 13.8. The minimum absolute atomic E-state index is 0.116. The van der Waals surface area contributed by atoms with Crippen LogP contribution >= 0.6 is 7.75 Å². The molecule has 2 aliphatic heterocycles. The molecule has 1 aromatic carbocycles. The molecule has 0 spiro atoms. The predicted octanol–water partition coefficient (Wildman–Crippen LogP) is 5.07. The summed E-state index contributed by atoms with van der Waals surface area (Å²) in [6.45, 7) is 11.2. The minimum Gasteiger partial charge on any atom is -0.461 e. The highest BCUT2D eigenvalue weighted by atomic mass is 31.2. The van der Waals surface area contributed by atoms with E-state index in [1.807, 2.05) is 0 Å². The number of anilines is 1. The van der Waals surface area contributed by atoms with Crippen molar-refractivity contribution in [3.8, 4) is 11.8 Å². The van der Waals surface area contributed by atoms with Crippen molar-refractivity contribution >= 4 is 36.9 Å². The zero-order chi connectivity index (χ0) is 39.5. The summed E-state index contributed by atoms with van der Waals surface area (Å²) in [5.41, 5.74) is 3.03. The number of fused-ring (bicyclic) bond motifs is 1. The summed E-state index contributed by atoms with van der Waals surface area (Å²) in [4.78, 5) is 40.3. The number of nitrogens with one attached hydrogen (secondary N) is 1. The molecule has 292 valence electrons. The Labute approximate surface area is 314 Å². The Balaban J connectivity index is 1.55. The Bertz CT molecular complexity index is 1910. The van der Waals surface area contributed by atoms with Gasteiger partial charge in [0, 0.05) is 19.0 Å². The zero-order valence-corrected chi connectivity index (χ0v) is 32.4. The Morgan fingerprint density at radius 1 is 1.02 bits per heavy atom. The molecule has 0 amide bonds. The molecule has 6 atom stereocenters. The van der Waals surface area contributed by atoms with E-state index in [0.29, 0.717) is 43.0 Å². The van der Waals surface area contributed by atoms with Crippen LogP contribution in [0, 0.1) is 22.2 Å². The van der Waals surface area contributed by atoms with Crippen molar-refractivity contribution in [1.29, 1.82) is 5.26 Å². The van der Waals surface area contributed by atoms with Gasteiger partial charge in [0.1, 0.15) is 36.7 Å². The van der Waals surface area contributed by atoms with Gasteiger partial charge in [0.2, 0.25) is 5.60 Å². The predicted molar refractivity (Wildman–Crippen MR) is 194 cm³/mol. The minimum atomic E-state index is -4.59. The van der Waals surface area contributed by atoms with Crippen LogP contribution in [0.3, 0.4) is 0 Å². The van der Waals surface area contributed by atoms with Crippen molar-refractivity contribution < 1.29 is 51.7 Å². The number of nitriles is 1. The monoisotopic (exact) mass is 769 g/mol. The van der Waals surface area contributed by atoms with E-state index in [2.05, 4.69) is 16.3 Å². The molecule has 3 aromatic rings. The third-order valence-electron chi connectivity index (χ3n) is 8.77. The van der Waals surface area contributed by atoms with Crippen LogP contribution in [0.15, 0.2) is 54.7 Å². The van der Waals surface area contributed by atoms with Gasteiger partial charge in [-0.1, -0.05) is 18.2 Å². The average Bonchev–Trinajstić information content (AvgIpc) is 3.67. The summed E-state index contributed by atoms with van der Waals surface area (Å²) in [5, 5.41) is 18.0. The molecule has 0 unspecified atom stereocenters. The molecule has 2 saturated heterocycles. The molecular formula is C37H48N5O11P. The number of esters is 3. The number of benzene rings is 1. The van der Waals surface area contributed by atoms with Crippen LogP contribution in [0.25, 0.3) is 5.52 Å². The van der Waals surface area contributed by atoms with E-state index in [-0.39, 0.29) is 5.75 Å². The van der Waals surface area contributed by atoms with Crippen LogP contribution in [-0.4, -0.2) is 77.3 Å². The highest BCUT2D eigenvalue weighted by molar-refractivity contribution is 7.52. The van der Waals surface area contributed by atoms with Crippen LogP contribution in [-0.2, 0) is 47.2 Å². The average molecular weight is 770 g/mol. The van der Waals surface area contributed by atoms with Gasteiger partial charge in [0.15, 0.2) is 12.2 Å². The normalized spacial score (nSPS) is 23.9. The first kappa shape index (κ1) is 40.7. The smallest absolute Gasteiger partial charge is 0.459 e. The molecule has 54 heavy (non-hydrogen) atoms. The fourth-order valence-electron chi connectivity index (χ4n) is 5.64. The van der Waals surface area contributed by atoms with Gasteiger partial charge in [0.25, 0.3) is 0 Å². The summed E-state index contributed by atoms with van der Waals surface area (Å²) in [5.74, 6) is -2.03. The van der Waals surface area contributed by atoms with Crippen LogP contribution in [0.1, 0.15) is 73.1 Å². The lowest BCUT2D eigenvalue weighted by Crippen LogP contribution is -2.51. The van der Waals surface area contributed by atoms with E-state index in [1.165, 1.54) is 29.8 Å². The molecule has 2 fully saturated rings. The second kappa shape index (κ2) is 16.1. The fraction of sp³-hybridized carbons (Fsp3) is 0.541. The van der Waals surface area contributed by atoms with Crippen LogP contribution in [0.5, 0.6) is 5.75 Å². The lowest BCUT2D eigenvalue weighted by molar-refractivity contribution is -0.179. The van der Waals surface area contributed by atoms with Crippen molar-refractivity contribution in [2.24, 2.45) is 10.8 Å². The molecule has 0 bridgehead atoms.